The molecule has 2 atom stereocenters. The number of aromatic nitrogens is 2. The van der Waals surface area contributed by atoms with Crippen molar-refractivity contribution in [3.63, 3.8) is 0 Å². The van der Waals surface area contributed by atoms with Crippen LogP contribution < -0.4 is 15.9 Å². The van der Waals surface area contributed by atoms with Gasteiger partial charge in [-0.2, -0.15) is 4.98 Å². The number of anilines is 1. The summed E-state index contributed by atoms with van der Waals surface area (Å²) in [5, 5.41) is 4.34. The smallest absolute Gasteiger partial charge is 0.350 e. The average molecular weight is 555 g/mol. The highest BCUT2D eigenvalue weighted by molar-refractivity contribution is 7.99. The summed E-state index contributed by atoms with van der Waals surface area (Å²) < 4.78 is 30.8. The van der Waals surface area contributed by atoms with Gasteiger partial charge in [0.1, 0.15) is 17.5 Å². The first-order chi connectivity index (χ1) is 18.9. The third kappa shape index (κ3) is 4.85. The first-order valence-electron chi connectivity index (χ1n) is 14.0. The highest BCUT2D eigenvalue weighted by Crippen LogP contribution is 2.46. The van der Waals surface area contributed by atoms with Crippen molar-refractivity contribution in [2.75, 3.05) is 69.6 Å². The fourth-order valence-corrected chi connectivity index (χ4v) is 7.72. The zero-order valence-corrected chi connectivity index (χ0v) is 23.7. The Morgan fingerprint density at radius 2 is 1.87 bits per heavy atom. The number of aryl methyl sites for hydroxylation is 1. The van der Waals surface area contributed by atoms with E-state index < -0.39 is 11.6 Å². The number of thioether (sulfide) groups is 1. The largest absolute Gasteiger partial charge is 0.351 e. The van der Waals surface area contributed by atoms with Gasteiger partial charge in [0, 0.05) is 91.6 Å². The molecule has 10 heteroatoms. The molecule has 0 bridgehead atoms. The molecule has 3 aliphatic rings. The Bertz CT molecular complexity index is 1450. The van der Waals surface area contributed by atoms with Crippen LogP contribution in [0.15, 0.2) is 34.0 Å². The fourth-order valence-electron chi connectivity index (χ4n) is 6.34. The average Bonchev–Trinajstić information content (AvgIpc) is 2.92. The first kappa shape index (κ1) is 26.7. The highest BCUT2D eigenvalue weighted by Gasteiger charge is 2.33. The van der Waals surface area contributed by atoms with Crippen molar-refractivity contribution in [1.29, 1.82) is 0 Å². The van der Waals surface area contributed by atoms with Crippen molar-refractivity contribution in [3.8, 4) is 11.1 Å². The van der Waals surface area contributed by atoms with Gasteiger partial charge in [-0.1, -0.05) is 6.92 Å². The van der Waals surface area contributed by atoms with Gasteiger partial charge in [0.25, 0.3) is 0 Å². The maximum absolute atomic E-state index is 15.1. The minimum Gasteiger partial charge on any atom is -0.351 e. The molecule has 0 spiro atoms. The number of likely N-dealkylation sites (N-methyl/N-ethyl adjacent to an activating group) is 1. The molecule has 3 aliphatic heterocycles. The lowest BCUT2D eigenvalue weighted by molar-refractivity contribution is 0.126. The number of hydrogen-bond donors (Lipinski definition) is 1. The van der Waals surface area contributed by atoms with Crippen LogP contribution in [0.1, 0.15) is 25.5 Å². The molecule has 0 unspecified atom stereocenters. The van der Waals surface area contributed by atoms with Gasteiger partial charge in [-0.05, 0) is 44.2 Å². The van der Waals surface area contributed by atoms with E-state index in [1.807, 2.05) is 17.6 Å². The quantitative estimate of drug-likeness (QED) is 0.516. The molecule has 6 rings (SSSR count). The molecular weight excluding hydrogens is 518 g/mol. The van der Waals surface area contributed by atoms with Crippen molar-refractivity contribution in [1.82, 2.24) is 24.7 Å². The molecule has 208 valence electrons. The van der Waals surface area contributed by atoms with E-state index in [1.54, 1.807) is 11.8 Å². The number of hydrogen-bond acceptors (Lipinski definition) is 7. The maximum atomic E-state index is 15.1. The molecule has 1 aromatic heterocycles. The summed E-state index contributed by atoms with van der Waals surface area (Å²) in [6.07, 6.45) is 0. The predicted molar refractivity (Wildman–Crippen MR) is 154 cm³/mol. The maximum Gasteiger partial charge on any atom is 0.350 e. The zero-order chi connectivity index (χ0) is 27.3. The van der Waals surface area contributed by atoms with Crippen LogP contribution in [0.2, 0.25) is 0 Å². The standard InChI is InChI=1S/C29H36F2N6OS/c1-4-34-9-11-35(12-10-34)16-21-17-39-27-25(22-6-5-20(30)14-24(22)31)18(2)13-23-26(27)37(21)29(38)33-28(23)36-8-7-32-15-19(36)3/h5-6,13-14,19,21,32H,4,7-12,15-17H2,1-3H3/t19-,21-/m0/s1. The van der Waals surface area contributed by atoms with Crippen LogP contribution in [0.4, 0.5) is 14.6 Å². The third-order valence-corrected chi connectivity index (χ3v) is 9.72. The minimum absolute atomic E-state index is 0.0405. The zero-order valence-electron chi connectivity index (χ0n) is 22.8. The lowest BCUT2D eigenvalue weighted by Gasteiger charge is -2.39. The normalized spacial score (nSPS) is 22.5. The van der Waals surface area contributed by atoms with Crippen molar-refractivity contribution < 1.29 is 8.78 Å². The number of benzene rings is 2. The number of halogens is 2. The van der Waals surface area contributed by atoms with Crippen LogP contribution in [-0.4, -0.2) is 90.0 Å². The molecule has 0 saturated carbocycles. The van der Waals surface area contributed by atoms with Crippen molar-refractivity contribution in [2.45, 2.75) is 37.8 Å². The van der Waals surface area contributed by atoms with Gasteiger partial charge in [-0.3, -0.25) is 9.47 Å². The van der Waals surface area contributed by atoms with Crippen LogP contribution in [0.5, 0.6) is 0 Å². The van der Waals surface area contributed by atoms with E-state index in [-0.39, 0.29) is 17.8 Å². The van der Waals surface area contributed by atoms with Gasteiger partial charge in [-0.25, -0.2) is 13.6 Å². The summed E-state index contributed by atoms with van der Waals surface area (Å²) in [5.41, 5.74) is 2.56. The Hall–Kier alpha value is -2.53. The topological polar surface area (TPSA) is 56.6 Å². The van der Waals surface area contributed by atoms with Crippen LogP contribution in [0.3, 0.4) is 0 Å². The SMILES string of the molecule is CCN1CCN(C[C@H]2CSc3c(-c4ccc(F)cc4F)c(C)cc4c(N5CCNC[C@@H]5C)nc(=O)n2c34)CC1. The number of piperazine rings is 2. The lowest BCUT2D eigenvalue weighted by atomic mass is 9.96. The van der Waals surface area contributed by atoms with E-state index in [1.165, 1.54) is 12.1 Å². The van der Waals surface area contributed by atoms with E-state index in [4.69, 9.17) is 4.98 Å². The monoisotopic (exact) mass is 554 g/mol. The second-order valence-corrected chi connectivity index (χ2v) is 12.0. The Balaban J connectivity index is 1.53. The molecule has 1 N–H and O–H groups in total. The summed E-state index contributed by atoms with van der Waals surface area (Å²) in [4.78, 5) is 26.6. The molecule has 0 aliphatic carbocycles. The first-order valence-corrected chi connectivity index (χ1v) is 14.9. The van der Waals surface area contributed by atoms with Gasteiger partial charge in [0.05, 0.1) is 11.6 Å². The van der Waals surface area contributed by atoms with Gasteiger partial charge in [0.2, 0.25) is 0 Å². The molecule has 4 heterocycles. The second kappa shape index (κ2) is 10.8. The lowest BCUT2D eigenvalue weighted by Crippen LogP contribution is -2.51. The minimum atomic E-state index is -0.602. The second-order valence-electron chi connectivity index (χ2n) is 11.0. The van der Waals surface area contributed by atoms with Gasteiger partial charge < -0.3 is 15.1 Å². The van der Waals surface area contributed by atoms with Crippen LogP contribution in [0, 0.1) is 18.6 Å². The van der Waals surface area contributed by atoms with E-state index in [9.17, 15) is 9.18 Å². The van der Waals surface area contributed by atoms with Crippen molar-refractivity contribution in [2.24, 2.45) is 0 Å². The summed E-state index contributed by atoms with van der Waals surface area (Å²) >= 11 is 1.68. The molecule has 3 aromatic rings. The summed E-state index contributed by atoms with van der Waals surface area (Å²) in [6.45, 7) is 14.5. The molecule has 7 nitrogen and oxygen atoms in total. The molecule has 39 heavy (non-hydrogen) atoms. The van der Waals surface area contributed by atoms with Crippen LogP contribution in [0.25, 0.3) is 22.0 Å². The van der Waals surface area contributed by atoms with E-state index in [0.29, 0.717) is 17.1 Å². The Morgan fingerprint density at radius 1 is 1.10 bits per heavy atom. The number of nitrogens with one attached hydrogen (secondary N) is 1. The van der Waals surface area contributed by atoms with Gasteiger partial charge >= 0.3 is 5.69 Å². The van der Waals surface area contributed by atoms with E-state index in [2.05, 4.69) is 33.9 Å². The highest BCUT2D eigenvalue weighted by atomic mass is 32.2. The van der Waals surface area contributed by atoms with E-state index in [0.717, 1.165) is 91.9 Å². The van der Waals surface area contributed by atoms with Crippen LogP contribution >= 0.6 is 11.8 Å². The fraction of sp³-hybridized carbons (Fsp3) is 0.517. The Labute approximate surface area is 232 Å². The summed E-state index contributed by atoms with van der Waals surface area (Å²) in [5.74, 6) is 0.202. The Morgan fingerprint density at radius 3 is 2.59 bits per heavy atom. The number of rotatable bonds is 5. The summed E-state index contributed by atoms with van der Waals surface area (Å²) in [7, 11) is 0. The summed E-state index contributed by atoms with van der Waals surface area (Å²) in [6, 6.07) is 5.94. The molecule has 0 radical (unpaired) electrons. The number of nitrogens with zero attached hydrogens (tertiary/aromatic N) is 5. The molecule has 0 amide bonds. The van der Waals surface area contributed by atoms with Crippen molar-refractivity contribution in [3.05, 3.63) is 51.9 Å². The van der Waals surface area contributed by atoms with Crippen molar-refractivity contribution >= 4 is 28.5 Å². The van der Waals surface area contributed by atoms with Crippen LogP contribution in [-0.2, 0) is 0 Å². The molecular formula is C29H36F2N6OS. The molecule has 2 aromatic carbocycles. The van der Waals surface area contributed by atoms with Gasteiger partial charge in [0.15, 0.2) is 0 Å². The third-order valence-electron chi connectivity index (χ3n) is 8.48. The predicted octanol–water partition coefficient (Wildman–Crippen LogP) is 3.73. The Kier molecular flexibility index (Phi) is 7.39. The van der Waals surface area contributed by atoms with Gasteiger partial charge in [-0.15, -0.1) is 11.8 Å². The molecule has 2 fully saturated rings. The van der Waals surface area contributed by atoms with E-state index >= 15 is 4.39 Å². The molecule has 2 saturated heterocycles.